The lowest BCUT2D eigenvalue weighted by Crippen LogP contribution is -2.28. The summed E-state index contributed by atoms with van der Waals surface area (Å²) in [5, 5.41) is 12.1. The average Bonchev–Trinajstić information content (AvgIpc) is 2.48. The fourth-order valence-corrected chi connectivity index (χ4v) is 2.52. The van der Waals surface area contributed by atoms with Crippen LogP contribution in [0.25, 0.3) is 0 Å². The van der Waals surface area contributed by atoms with E-state index >= 15 is 0 Å². The van der Waals surface area contributed by atoms with Crippen molar-refractivity contribution in [3.05, 3.63) is 29.8 Å². The van der Waals surface area contributed by atoms with Crippen LogP contribution in [-0.2, 0) is 19.7 Å². The number of carboxylic acid groups (broad SMARTS) is 1. The summed E-state index contributed by atoms with van der Waals surface area (Å²) in [5.41, 5.74) is 0.467. The van der Waals surface area contributed by atoms with Crippen LogP contribution >= 0.6 is 0 Å². The molecule has 1 heterocycles. The van der Waals surface area contributed by atoms with Gasteiger partial charge in [-0.2, -0.15) is 0 Å². The lowest BCUT2D eigenvalue weighted by atomic mass is 9.85. The number of amides is 1. The minimum absolute atomic E-state index is 0.00264. The lowest BCUT2D eigenvalue weighted by Gasteiger charge is -2.22. The molecule has 5 heteroatoms. The molecule has 0 unspecified atom stereocenters. The van der Waals surface area contributed by atoms with E-state index in [1.165, 1.54) is 0 Å². The Labute approximate surface area is 130 Å². The first-order chi connectivity index (χ1) is 10.4. The van der Waals surface area contributed by atoms with E-state index in [2.05, 4.69) is 5.32 Å². The Balaban J connectivity index is 1.93. The molecule has 1 aliphatic rings. The summed E-state index contributed by atoms with van der Waals surface area (Å²) in [4.78, 5) is 23.3. The Bertz CT molecular complexity index is 530. The molecule has 1 aromatic carbocycles. The maximum absolute atomic E-state index is 12.0. The first kappa shape index (κ1) is 16.5. The van der Waals surface area contributed by atoms with Crippen molar-refractivity contribution in [2.45, 2.75) is 38.5 Å². The number of carbonyl (C=O) groups excluding carboxylic acids is 1. The van der Waals surface area contributed by atoms with Gasteiger partial charge in [0.25, 0.3) is 0 Å². The van der Waals surface area contributed by atoms with E-state index in [0.717, 1.165) is 26.1 Å². The molecule has 0 aromatic heterocycles. The highest BCUT2D eigenvalue weighted by Gasteiger charge is 2.29. The molecule has 0 radical (unpaired) electrons. The molecule has 0 atom stereocenters. The maximum Gasteiger partial charge on any atom is 0.313 e. The minimum Gasteiger partial charge on any atom is -0.481 e. The molecule has 1 fully saturated rings. The van der Waals surface area contributed by atoms with Crippen molar-refractivity contribution in [1.82, 2.24) is 0 Å². The number of carbonyl (C=O) groups is 2. The number of anilines is 1. The van der Waals surface area contributed by atoms with Crippen molar-refractivity contribution >= 4 is 17.6 Å². The summed E-state index contributed by atoms with van der Waals surface area (Å²) in [6, 6.07) is 7.00. The number of nitrogens with one attached hydrogen (secondary N) is 1. The van der Waals surface area contributed by atoms with E-state index in [9.17, 15) is 14.7 Å². The van der Waals surface area contributed by atoms with Gasteiger partial charge in [0, 0.05) is 25.3 Å². The van der Waals surface area contributed by atoms with Gasteiger partial charge in [-0.25, -0.2) is 0 Å². The monoisotopic (exact) mass is 305 g/mol. The van der Waals surface area contributed by atoms with E-state index < -0.39 is 11.4 Å². The Hall–Kier alpha value is -1.88. The molecule has 5 nitrogen and oxygen atoms in total. The van der Waals surface area contributed by atoms with Gasteiger partial charge in [-0.15, -0.1) is 0 Å². The van der Waals surface area contributed by atoms with E-state index in [0.29, 0.717) is 23.6 Å². The number of carboxylic acids is 1. The first-order valence-corrected chi connectivity index (χ1v) is 7.61. The normalized spacial score (nSPS) is 16.3. The zero-order valence-electron chi connectivity index (χ0n) is 13.1. The second kappa shape index (κ2) is 6.92. The SMILES string of the molecule is CC(C)(C(=O)O)c1ccc(NC(=O)CC2CCOCC2)cc1. The molecule has 2 rings (SSSR count). The molecule has 1 aromatic rings. The van der Waals surface area contributed by atoms with Crippen LogP contribution in [0.5, 0.6) is 0 Å². The molecular formula is C17H23NO4. The molecule has 1 saturated heterocycles. The Morgan fingerprint density at radius 1 is 1.23 bits per heavy atom. The average molecular weight is 305 g/mol. The molecule has 0 spiro atoms. The summed E-state index contributed by atoms with van der Waals surface area (Å²) in [5.74, 6) is -0.486. The number of rotatable bonds is 5. The molecule has 1 aliphatic heterocycles. The number of benzene rings is 1. The highest BCUT2D eigenvalue weighted by molar-refractivity contribution is 5.91. The highest BCUT2D eigenvalue weighted by atomic mass is 16.5. The molecule has 2 N–H and O–H groups in total. The van der Waals surface area contributed by atoms with Gasteiger partial charge in [0.1, 0.15) is 0 Å². The van der Waals surface area contributed by atoms with Crippen molar-refractivity contribution in [2.75, 3.05) is 18.5 Å². The second-order valence-electron chi connectivity index (χ2n) is 6.32. The van der Waals surface area contributed by atoms with Crippen LogP contribution in [0.3, 0.4) is 0 Å². The third kappa shape index (κ3) is 4.07. The first-order valence-electron chi connectivity index (χ1n) is 7.61. The predicted octanol–water partition coefficient (Wildman–Crippen LogP) is 2.80. The second-order valence-corrected chi connectivity index (χ2v) is 6.32. The van der Waals surface area contributed by atoms with E-state index in [1.807, 2.05) is 0 Å². The van der Waals surface area contributed by atoms with Gasteiger partial charge >= 0.3 is 5.97 Å². The van der Waals surface area contributed by atoms with Crippen LogP contribution in [0.1, 0.15) is 38.7 Å². The van der Waals surface area contributed by atoms with Crippen LogP contribution in [0.15, 0.2) is 24.3 Å². The van der Waals surface area contributed by atoms with Crippen molar-refractivity contribution in [2.24, 2.45) is 5.92 Å². The standard InChI is InChI=1S/C17H23NO4/c1-17(2,16(20)21)13-3-5-14(6-4-13)18-15(19)11-12-7-9-22-10-8-12/h3-6,12H,7-11H2,1-2H3,(H,18,19)(H,20,21). The lowest BCUT2D eigenvalue weighted by molar-refractivity contribution is -0.142. The van der Waals surface area contributed by atoms with Gasteiger partial charge in [0.05, 0.1) is 5.41 Å². The van der Waals surface area contributed by atoms with Gasteiger partial charge in [-0.05, 0) is 50.3 Å². The zero-order chi connectivity index (χ0) is 16.2. The van der Waals surface area contributed by atoms with Crippen LogP contribution < -0.4 is 5.32 Å². The smallest absolute Gasteiger partial charge is 0.313 e. The van der Waals surface area contributed by atoms with Crippen molar-refractivity contribution in [1.29, 1.82) is 0 Å². The van der Waals surface area contributed by atoms with Gasteiger partial charge in [-0.1, -0.05) is 12.1 Å². The molecule has 1 amide bonds. The van der Waals surface area contributed by atoms with Crippen LogP contribution in [0.4, 0.5) is 5.69 Å². The molecule has 0 saturated carbocycles. The quantitative estimate of drug-likeness (QED) is 0.877. The van der Waals surface area contributed by atoms with Crippen LogP contribution in [-0.4, -0.2) is 30.2 Å². The van der Waals surface area contributed by atoms with Gasteiger partial charge < -0.3 is 15.2 Å². The Morgan fingerprint density at radius 2 is 1.82 bits per heavy atom. The third-order valence-electron chi connectivity index (χ3n) is 4.24. The molecular weight excluding hydrogens is 282 g/mol. The molecule has 120 valence electrons. The molecule has 0 bridgehead atoms. The fourth-order valence-electron chi connectivity index (χ4n) is 2.52. The number of hydrogen-bond donors (Lipinski definition) is 2. The van der Waals surface area contributed by atoms with Crippen molar-refractivity contribution < 1.29 is 19.4 Å². The summed E-state index contributed by atoms with van der Waals surface area (Å²) < 4.78 is 5.28. The molecule has 22 heavy (non-hydrogen) atoms. The van der Waals surface area contributed by atoms with E-state index in [4.69, 9.17) is 4.74 Å². The summed E-state index contributed by atoms with van der Waals surface area (Å²) in [6.07, 6.45) is 2.37. The number of aliphatic carboxylic acids is 1. The van der Waals surface area contributed by atoms with Gasteiger partial charge in [0.15, 0.2) is 0 Å². The summed E-state index contributed by atoms with van der Waals surface area (Å²) in [6.45, 7) is 4.79. The van der Waals surface area contributed by atoms with Gasteiger partial charge in [-0.3, -0.25) is 9.59 Å². The minimum atomic E-state index is -0.940. The van der Waals surface area contributed by atoms with Crippen LogP contribution in [0.2, 0.25) is 0 Å². The number of hydrogen-bond acceptors (Lipinski definition) is 3. The summed E-state index contributed by atoms with van der Waals surface area (Å²) in [7, 11) is 0. The largest absolute Gasteiger partial charge is 0.481 e. The van der Waals surface area contributed by atoms with E-state index in [1.54, 1.807) is 38.1 Å². The van der Waals surface area contributed by atoms with Gasteiger partial charge in [0.2, 0.25) is 5.91 Å². The third-order valence-corrected chi connectivity index (χ3v) is 4.24. The molecule has 0 aliphatic carbocycles. The highest BCUT2D eigenvalue weighted by Crippen LogP contribution is 2.25. The Morgan fingerprint density at radius 3 is 2.36 bits per heavy atom. The maximum atomic E-state index is 12.0. The Kier molecular flexibility index (Phi) is 5.19. The van der Waals surface area contributed by atoms with Crippen LogP contribution in [0, 0.1) is 5.92 Å². The summed E-state index contributed by atoms with van der Waals surface area (Å²) >= 11 is 0. The predicted molar refractivity (Wildman–Crippen MR) is 83.9 cm³/mol. The topological polar surface area (TPSA) is 75.6 Å². The number of ether oxygens (including phenoxy) is 1. The van der Waals surface area contributed by atoms with Crippen molar-refractivity contribution in [3.8, 4) is 0 Å². The van der Waals surface area contributed by atoms with Crippen molar-refractivity contribution in [3.63, 3.8) is 0 Å². The zero-order valence-corrected chi connectivity index (χ0v) is 13.1. The fraction of sp³-hybridized carbons (Fsp3) is 0.529. The van der Waals surface area contributed by atoms with E-state index in [-0.39, 0.29) is 5.91 Å².